The van der Waals surface area contributed by atoms with Gasteiger partial charge in [0.1, 0.15) is 0 Å². The fourth-order valence-electron chi connectivity index (χ4n) is 3.26. The Hall–Kier alpha value is -0.650. The number of aliphatic hydroxyl groups excluding tert-OH is 2. The van der Waals surface area contributed by atoms with Gasteiger partial charge in [-0.3, -0.25) is 9.69 Å². The average Bonchev–Trinajstić information content (AvgIpc) is 2.46. The van der Waals surface area contributed by atoms with Crippen molar-refractivity contribution in [2.24, 2.45) is 11.3 Å². The van der Waals surface area contributed by atoms with Crippen molar-refractivity contribution in [2.45, 2.75) is 45.6 Å². The highest BCUT2D eigenvalue weighted by Gasteiger charge is 2.29. The van der Waals surface area contributed by atoms with Gasteiger partial charge in [0.25, 0.3) is 0 Å². The Labute approximate surface area is 128 Å². The smallest absolute Gasteiger partial charge is 0.236 e. The molecule has 0 radical (unpaired) electrons. The Bertz CT molecular complexity index is 331. The summed E-state index contributed by atoms with van der Waals surface area (Å²) >= 11 is 0. The predicted octanol–water partition coefficient (Wildman–Crippen LogP) is 0.946. The quantitative estimate of drug-likeness (QED) is 0.735. The van der Waals surface area contributed by atoms with Crippen LogP contribution in [0, 0.1) is 11.3 Å². The van der Waals surface area contributed by atoms with Crippen LogP contribution in [0.4, 0.5) is 0 Å². The Morgan fingerprint density at radius 2 is 1.76 bits per heavy atom. The Morgan fingerprint density at radius 3 is 2.29 bits per heavy atom. The molecular formula is C16H32N2O3. The molecule has 124 valence electrons. The number of aliphatic hydroxyl groups is 2. The molecule has 2 N–H and O–H groups in total. The standard InChI is InChI=1S/C16H32N2O3/c1-13-7-5-6-8-14(13)18(4)15(21)9-17(3)10-16(2,11-19)12-20/h13-14,19-20H,5-12H2,1-4H3. The maximum atomic E-state index is 12.4. The number of amides is 1. The predicted molar refractivity (Wildman–Crippen MR) is 84.0 cm³/mol. The van der Waals surface area contributed by atoms with E-state index in [4.69, 9.17) is 0 Å². The van der Waals surface area contributed by atoms with Crippen molar-refractivity contribution in [1.82, 2.24) is 9.80 Å². The van der Waals surface area contributed by atoms with Crippen molar-refractivity contribution in [1.29, 1.82) is 0 Å². The van der Waals surface area contributed by atoms with Gasteiger partial charge in [-0.25, -0.2) is 0 Å². The second-order valence-electron chi connectivity index (χ2n) is 7.13. The summed E-state index contributed by atoms with van der Waals surface area (Å²) in [6.45, 7) is 4.71. The second-order valence-corrected chi connectivity index (χ2v) is 7.13. The van der Waals surface area contributed by atoms with Crippen molar-refractivity contribution in [3.05, 3.63) is 0 Å². The zero-order chi connectivity index (χ0) is 16.0. The lowest BCUT2D eigenvalue weighted by molar-refractivity contribution is -0.135. The van der Waals surface area contributed by atoms with Crippen LogP contribution >= 0.6 is 0 Å². The van der Waals surface area contributed by atoms with Crippen LogP contribution in [0.25, 0.3) is 0 Å². The van der Waals surface area contributed by atoms with Crippen molar-refractivity contribution in [3.8, 4) is 0 Å². The van der Waals surface area contributed by atoms with Gasteiger partial charge >= 0.3 is 0 Å². The van der Waals surface area contributed by atoms with E-state index >= 15 is 0 Å². The van der Waals surface area contributed by atoms with Crippen LogP contribution in [-0.2, 0) is 4.79 Å². The normalized spacial score (nSPS) is 23.4. The molecule has 5 nitrogen and oxygen atoms in total. The number of likely N-dealkylation sites (N-methyl/N-ethyl adjacent to an activating group) is 2. The Balaban J connectivity index is 2.51. The summed E-state index contributed by atoms with van der Waals surface area (Å²) in [4.78, 5) is 16.2. The van der Waals surface area contributed by atoms with E-state index in [9.17, 15) is 15.0 Å². The molecule has 1 aliphatic rings. The molecule has 2 atom stereocenters. The van der Waals surface area contributed by atoms with E-state index in [-0.39, 0.29) is 19.1 Å². The summed E-state index contributed by atoms with van der Waals surface area (Å²) in [6.07, 6.45) is 4.77. The summed E-state index contributed by atoms with van der Waals surface area (Å²) in [7, 11) is 3.76. The first-order chi connectivity index (χ1) is 9.83. The average molecular weight is 300 g/mol. The maximum absolute atomic E-state index is 12.4. The fourth-order valence-corrected chi connectivity index (χ4v) is 3.26. The molecule has 0 aromatic rings. The molecule has 1 amide bonds. The summed E-state index contributed by atoms with van der Waals surface area (Å²) in [5.41, 5.74) is -0.564. The van der Waals surface area contributed by atoms with E-state index in [1.807, 2.05) is 30.8 Å². The summed E-state index contributed by atoms with van der Waals surface area (Å²) in [5.74, 6) is 0.688. The monoisotopic (exact) mass is 300 g/mol. The van der Waals surface area contributed by atoms with Gasteiger partial charge in [0.2, 0.25) is 5.91 Å². The van der Waals surface area contributed by atoms with Gasteiger partial charge in [-0.05, 0) is 25.8 Å². The molecule has 0 aliphatic heterocycles. The molecule has 1 aliphatic carbocycles. The van der Waals surface area contributed by atoms with E-state index in [1.165, 1.54) is 19.3 Å². The van der Waals surface area contributed by atoms with Crippen molar-refractivity contribution in [2.75, 3.05) is 40.4 Å². The van der Waals surface area contributed by atoms with Crippen LogP contribution in [0.2, 0.25) is 0 Å². The third kappa shape index (κ3) is 5.24. The Kier molecular flexibility index (Phi) is 7.10. The third-order valence-corrected chi connectivity index (χ3v) is 4.78. The molecule has 0 aromatic carbocycles. The van der Waals surface area contributed by atoms with Crippen LogP contribution in [0.1, 0.15) is 39.5 Å². The molecule has 2 unspecified atom stereocenters. The molecule has 1 fully saturated rings. The van der Waals surface area contributed by atoms with E-state index in [1.54, 1.807) is 0 Å². The SMILES string of the molecule is CC1CCCCC1N(C)C(=O)CN(C)CC(C)(CO)CO. The first-order valence-electron chi connectivity index (χ1n) is 7.99. The second kappa shape index (κ2) is 8.11. The summed E-state index contributed by atoms with van der Waals surface area (Å²) in [6, 6.07) is 0.349. The minimum Gasteiger partial charge on any atom is -0.396 e. The highest BCUT2D eigenvalue weighted by atomic mass is 16.3. The van der Waals surface area contributed by atoms with Crippen LogP contribution in [-0.4, -0.2) is 72.4 Å². The lowest BCUT2D eigenvalue weighted by Gasteiger charge is -2.37. The van der Waals surface area contributed by atoms with E-state index in [0.717, 1.165) is 6.42 Å². The van der Waals surface area contributed by atoms with Crippen LogP contribution in [0.15, 0.2) is 0 Å². The van der Waals surface area contributed by atoms with Crippen molar-refractivity contribution in [3.63, 3.8) is 0 Å². The van der Waals surface area contributed by atoms with Crippen LogP contribution < -0.4 is 0 Å². The lowest BCUT2D eigenvalue weighted by Crippen LogP contribution is -2.48. The molecule has 0 bridgehead atoms. The number of hydrogen-bond acceptors (Lipinski definition) is 4. The molecule has 1 saturated carbocycles. The minimum absolute atomic E-state index is 0.0858. The van der Waals surface area contributed by atoms with Gasteiger partial charge in [-0.15, -0.1) is 0 Å². The minimum atomic E-state index is -0.564. The first kappa shape index (κ1) is 18.4. The molecule has 0 aromatic heterocycles. The molecule has 5 heteroatoms. The largest absolute Gasteiger partial charge is 0.396 e. The number of rotatable bonds is 7. The molecule has 21 heavy (non-hydrogen) atoms. The summed E-state index contributed by atoms with van der Waals surface area (Å²) in [5, 5.41) is 18.7. The molecule has 1 rings (SSSR count). The first-order valence-corrected chi connectivity index (χ1v) is 7.99. The van der Waals surface area contributed by atoms with Gasteiger partial charge < -0.3 is 15.1 Å². The van der Waals surface area contributed by atoms with E-state index in [0.29, 0.717) is 25.0 Å². The van der Waals surface area contributed by atoms with Crippen LogP contribution in [0.3, 0.4) is 0 Å². The highest BCUT2D eigenvalue weighted by Crippen LogP contribution is 2.27. The van der Waals surface area contributed by atoms with Gasteiger partial charge in [0.05, 0.1) is 19.8 Å². The van der Waals surface area contributed by atoms with Crippen LogP contribution in [0.5, 0.6) is 0 Å². The number of nitrogens with zero attached hydrogens (tertiary/aromatic N) is 2. The van der Waals surface area contributed by atoms with Gasteiger partial charge in [0.15, 0.2) is 0 Å². The van der Waals surface area contributed by atoms with Crippen molar-refractivity contribution >= 4 is 5.91 Å². The lowest BCUT2D eigenvalue weighted by atomic mass is 9.85. The van der Waals surface area contributed by atoms with Gasteiger partial charge in [-0.2, -0.15) is 0 Å². The third-order valence-electron chi connectivity index (χ3n) is 4.78. The highest BCUT2D eigenvalue weighted by molar-refractivity contribution is 5.78. The van der Waals surface area contributed by atoms with Crippen molar-refractivity contribution < 1.29 is 15.0 Å². The molecule has 0 heterocycles. The fraction of sp³-hybridized carbons (Fsp3) is 0.938. The maximum Gasteiger partial charge on any atom is 0.236 e. The molecular weight excluding hydrogens is 268 g/mol. The van der Waals surface area contributed by atoms with Gasteiger partial charge in [-0.1, -0.05) is 26.7 Å². The van der Waals surface area contributed by atoms with E-state index < -0.39 is 5.41 Å². The number of carbonyl (C=O) groups is 1. The van der Waals surface area contributed by atoms with E-state index in [2.05, 4.69) is 6.92 Å². The zero-order valence-electron chi connectivity index (χ0n) is 14.0. The zero-order valence-corrected chi connectivity index (χ0v) is 14.0. The topological polar surface area (TPSA) is 64.0 Å². The molecule has 0 saturated heterocycles. The van der Waals surface area contributed by atoms with Gasteiger partial charge in [0, 0.05) is 25.0 Å². The Morgan fingerprint density at radius 1 is 1.19 bits per heavy atom. The number of hydrogen-bond donors (Lipinski definition) is 2. The summed E-state index contributed by atoms with van der Waals surface area (Å²) < 4.78 is 0. The molecule has 0 spiro atoms. The number of carbonyl (C=O) groups excluding carboxylic acids is 1.